The number of allylic oxidation sites excluding steroid dienone is 6. The van der Waals surface area contributed by atoms with Gasteiger partial charge in [0.2, 0.25) is 0 Å². The van der Waals surface area contributed by atoms with E-state index >= 15 is 0 Å². The Balaban J connectivity index is 4.51. The van der Waals surface area contributed by atoms with Crippen LogP contribution in [-0.2, 0) is 0 Å². The highest BCUT2D eigenvalue weighted by molar-refractivity contribution is 7.79. The van der Waals surface area contributed by atoms with Crippen molar-refractivity contribution < 1.29 is 0 Å². The van der Waals surface area contributed by atoms with Crippen molar-refractivity contribution in [2.45, 2.75) is 6.92 Å². The van der Waals surface area contributed by atoms with E-state index in [0.29, 0.717) is 0 Å². The monoisotopic (exact) mass is 164 g/mol. The van der Waals surface area contributed by atoms with E-state index in [0.717, 1.165) is 11.1 Å². The maximum Gasteiger partial charge on any atom is 0.00861 e. The summed E-state index contributed by atoms with van der Waals surface area (Å²) in [6.07, 6.45) is 7.55. The second-order valence-electron chi connectivity index (χ2n) is 2.00. The zero-order valence-electron chi connectivity index (χ0n) is 6.71. The van der Waals surface area contributed by atoms with Gasteiger partial charge in [-0.25, -0.2) is 0 Å². The summed E-state index contributed by atoms with van der Waals surface area (Å²) in [5.74, 6) is 0. The molecule has 0 radical (unpaired) electrons. The van der Waals surface area contributed by atoms with E-state index in [9.17, 15) is 0 Å². The van der Waals surface area contributed by atoms with Crippen molar-refractivity contribution in [3.63, 3.8) is 0 Å². The third-order valence-electron chi connectivity index (χ3n) is 1.20. The molecule has 0 aromatic carbocycles. The molecule has 11 heavy (non-hydrogen) atoms. The first-order valence-corrected chi connectivity index (χ1v) is 3.83. The molecule has 0 amide bonds. The maximum atomic E-state index is 4.73. The van der Waals surface area contributed by atoms with Gasteiger partial charge in [0.15, 0.2) is 0 Å². The van der Waals surface area contributed by atoms with E-state index in [4.69, 9.17) is 12.2 Å². The average Bonchev–Trinajstić information content (AvgIpc) is 2.05. The van der Waals surface area contributed by atoms with E-state index in [1.54, 1.807) is 11.4 Å². The lowest BCUT2D eigenvalue weighted by atomic mass is 10.1. The topological polar surface area (TPSA) is 0 Å². The quantitative estimate of drug-likeness (QED) is 0.349. The Labute approximate surface area is 73.6 Å². The largest absolute Gasteiger partial charge is 0.0984 e. The predicted molar refractivity (Wildman–Crippen MR) is 55.9 cm³/mol. The van der Waals surface area contributed by atoms with Crippen molar-refractivity contribution >= 4 is 17.6 Å². The van der Waals surface area contributed by atoms with Crippen LogP contribution in [0.3, 0.4) is 0 Å². The van der Waals surface area contributed by atoms with Gasteiger partial charge in [-0.1, -0.05) is 49.7 Å². The molecule has 0 aromatic rings. The van der Waals surface area contributed by atoms with Crippen LogP contribution in [0.2, 0.25) is 0 Å². The maximum absolute atomic E-state index is 4.73. The van der Waals surface area contributed by atoms with Gasteiger partial charge >= 0.3 is 0 Å². The molecule has 0 saturated heterocycles. The van der Waals surface area contributed by atoms with Crippen LogP contribution in [0.4, 0.5) is 0 Å². The number of thiocarbonyl (C=S) groups is 1. The fourth-order valence-electron chi connectivity index (χ4n) is 0.574. The molecule has 0 N–H and O–H groups in total. The van der Waals surface area contributed by atoms with Gasteiger partial charge in [0.1, 0.15) is 0 Å². The van der Waals surface area contributed by atoms with E-state index in [2.05, 4.69) is 13.2 Å². The molecule has 0 aromatic heterocycles. The summed E-state index contributed by atoms with van der Waals surface area (Å²) < 4.78 is 0. The number of hydrogen-bond acceptors (Lipinski definition) is 1. The van der Waals surface area contributed by atoms with Crippen LogP contribution in [0.1, 0.15) is 6.92 Å². The summed E-state index contributed by atoms with van der Waals surface area (Å²) in [6, 6.07) is 0. The van der Waals surface area contributed by atoms with E-state index < -0.39 is 0 Å². The van der Waals surface area contributed by atoms with E-state index in [1.807, 2.05) is 25.2 Å². The van der Waals surface area contributed by atoms with E-state index in [-0.39, 0.29) is 0 Å². The van der Waals surface area contributed by atoms with Crippen molar-refractivity contribution in [1.29, 1.82) is 0 Å². The summed E-state index contributed by atoms with van der Waals surface area (Å²) in [4.78, 5) is 0. The minimum Gasteiger partial charge on any atom is -0.0984 e. The minimum atomic E-state index is 0.827. The lowest BCUT2D eigenvalue weighted by Crippen LogP contribution is -1.82. The normalized spacial score (nSPS) is 11.5. The standard InChI is InChI=1S/C10H12S/c1-4-6-7-10(5-2)9(3)8-11/h4-8H,2-3H2,1H3/b6-4-,10-7-. The summed E-state index contributed by atoms with van der Waals surface area (Å²) >= 11 is 4.73. The molecule has 0 fully saturated rings. The highest BCUT2D eigenvalue weighted by Crippen LogP contribution is 2.06. The number of hydrogen-bond donors (Lipinski definition) is 0. The molecular formula is C10H12S. The molecule has 0 bridgehead atoms. The molecule has 0 heterocycles. The highest BCUT2D eigenvalue weighted by atomic mass is 32.1. The summed E-state index contributed by atoms with van der Waals surface area (Å²) in [6.45, 7) is 9.37. The molecular weight excluding hydrogens is 152 g/mol. The molecule has 0 saturated carbocycles. The molecule has 0 aliphatic heterocycles. The van der Waals surface area contributed by atoms with Crippen molar-refractivity contribution in [3.8, 4) is 0 Å². The van der Waals surface area contributed by atoms with Crippen LogP contribution in [0.5, 0.6) is 0 Å². The van der Waals surface area contributed by atoms with Gasteiger partial charge in [-0.2, -0.15) is 0 Å². The molecule has 0 atom stereocenters. The molecule has 0 aliphatic rings. The Bertz CT molecular complexity index is 219. The van der Waals surface area contributed by atoms with Gasteiger partial charge in [0.25, 0.3) is 0 Å². The molecule has 0 rings (SSSR count). The molecule has 0 spiro atoms. The smallest absolute Gasteiger partial charge is 0.00861 e. The van der Waals surface area contributed by atoms with Crippen LogP contribution >= 0.6 is 12.2 Å². The van der Waals surface area contributed by atoms with Gasteiger partial charge in [0, 0.05) is 5.37 Å². The van der Waals surface area contributed by atoms with Crippen LogP contribution in [0.25, 0.3) is 0 Å². The minimum absolute atomic E-state index is 0.827. The van der Waals surface area contributed by atoms with Gasteiger partial charge in [-0.05, 0) is 18.1 Å². The zero-order chi connectivity index (χ0) is 8.69. The fraction of sp³-hybridized carbons (Fsp3) is 0.100. The molecule has 0 nitrogen and oxygen atoms in total. The Hall–Kier alpha value is -0.950. The van der Waals surface area contributed by atoms with Gasteiger partial charge in [0.05, 0.1) is 0 Å². The van der Waals surface area contributed by atoms with Gasteiger partial charge in [-0.15, -0.1) is 0 Å². The Morgan fingerprint density at radius 2 is 2.09 bits per heavy atom. The van der Waals surface area contributed by atoms with E-state index in [1.165, 1.54) is 0 Å². The molecule has 58 valence electrons. The first-order chi connectivity index (χ1) is 5.26. The van der Waals surface area contributed by atoms with Crippen LogP contribution in [0, 0.1) is 0 Å². The lowest BCUT2D eigenvalue weighted by Gasteiger charge is -1.96. The molecule has 1 heteroatoms. The van der Waals surface area contributed by atoms with Gasteiger partial charge < -0.3 is 0 Å². The zero-order valence-corrected chi connectivity index (χ0v) is 7.53. The van der Waals surface area contributed by atoms with Crippen molar-refractivity contribution in [2.75, 3.05) is 0 Å². The average molecular weight is 164 g/mol. The Kier molecular flexibility index (Phi) is 5.30. The van der Waals surface area contributed by atoms with Crippen LogP contribution < -0.4 is 0 Å². The predicted octanol–water partition coefficient (Wildman–Crippen LogP) is 3.23. The third kappa shape index (κ3) is 3.68. The first kappa shape index (κ1) is 10.0. The number of rotatable bonds is 4. The van der Waals surface area contributed by atoms with Gasteiger partial charge in [-0.3, -0.25) is 0 Å². The summed E-state index contributed by atoms with van der Waals surface area (Å²) in [5.41, 5.74) is 1.80. The lowest BCUT2D eigenvalue weighted by molar-refractivity contribution is 1.64. The van der Waals surface area contributed by atoms with Crippen molar-refractivity contribution in [3.05, 3.63) is 48.6 Å². The Morgan fingerprint density at radius 3 is 2.45 bits per heavy atom. The highest BCUT2D eigenvalue weighted by Gasteiger charge is 1.90. The SMILES string of the molecule is C=C/C(=C/C=C\C)C(=C)C=S. The van der Waals surface area contributed by atoms with Crippen molar-refractivity contribution in [1.82, 2.24) is 0 Å². The Morgan fingerprint density at radius 1 is 1.45 bits per heavy atom. The third-order valence-corrected chi connectivity index (χ3v) is 1.49. The summed E-state index contributed by atoms with van der Waals surface area (Å²) in [7, 11) is 0. The molecule has 0 aliphatic carbocycles. The van der Waals surface area contributed by atoms with Crippen molar-refractivity contribution in [2.24, 2.45) is 0 Å². The van der Waals surface area contributed by atoms with Crippen LogP contribution in [0.15, 0.2) is 48.6 Å². The fourth-order valence-corrected chi connectivity index (χ4v) is 0.710. The molecule has 0 unspecified atom stereocenters. The second kappa shape index (κ2) is 5.81. The summed E-state index contributed by atoms with van der Waals surface area (Å²) in [5, 5.41) is 1.55. The van der Waals surface area contributed by atoms with Crippen LogP contribution in [-0.4, -0.2) is 5.37 Å². The second-order valence-corrected chi connectivity index (χ2v) is 2.23. The first-order valence-electron chi connectivity index (χ1n) is 3.36.